The summed E-state index contributed by atoms with van der Waals surface area (Å²) < 4.78 is 1.90. The molecule has 3 rings (SSSR count). The van der Waals surface area contributed by atoms with E-state index in [0.717, 1.165) is 11.4 Å². The predicted octanol–water partition coefficient (Wildman–Crippen LogP) is 2.43. The number of carbonyl (C=O) groups is 1. The lowest BCUT2D eigenvalue weighted by Crippen LogP contribution is -2.29. The van der Waals surface area contributed by atoms with Crippen LogP contribution in [-0.2, 0) is 18.4 Å². The Morgan fingerprint density at radius 3 is 2.40 bits per heavy atom. The first-order valence-electron chi connectivity index (χ1n) is 7.74. The summed E-state index contributed by atoms with van der Waals surface area (Å²) in [5.74, 6) is 2.05. The molecule has 1 amide bonds. The van der Waals surface area contributed by atoms with E-state index in [2.05, 4.69) is 12.0 Å². The summed E-state index contributed by atoms with van der Waals surface area (Å²) in [6.45, 7) is 4.79. The highest BCUT2D eigenvalue weighted by atomic mass is 16.2. The van der Waals surface area contributed by atoms with Crippen molar-refractivity contribution < 1.29 is 4.79 Å². The van der Waals surface area contributed by atoms with Gasteiger partial charge in [0, 0.05) is 37.8 Å². The van der Waals surface area contributed by atoms with Gasteiger partial charge in [0.25, 0.3) is 0 Å². The van der Waals surface area contributed by atoms with E-state index in [-0.39, 0.29) is 0 Å². The second-order valence-electron chi connectivity index (χ2n) is 6.61. The third kappa shape index (κ3) is 2.15. The first-order chi connectivity index (χ1) is 9.50. The van der Waals surface area contributed by atoms with Gasteiger partial charge in [0.05, 0.1) is 5.69 Å². The number of aromatic nitrogens is 2. The quantitative estimate of drug-likeness (QED) is 0.849. The van der Waals surface area contributed by atoms with Gasteiger partial charge in [-0.1, -0.05) is 12.8 Å². The van der Waals surface area contributed by atoms with E-state index < -0.39 is 0 Å². The van der Waals surface area contributed by atoms with Gasteiger partial charge in [-0.15, -0.1) is 0 Å². The summed E-state index contributed by atoms with van der Waals surface area (Å²) in [6, 6.07) is 0. The molecule has 0 N–H and O–H groups in total. The Kier molecular flexibility index (Phi) is 3.35. The van der Waals surface area contributed by atoms with Crippen molar-refractivity contribution in [3.63, 3.8) is 0 Å². The van der Waals surface area contributed by atoms with Gasteiger partial charge >= 0.3 is 0 Å². The van der Waals surface area contributed by atoms with Crippen LogP contribution in [0.1, 0.15) is 42.6 Å². The Bertz CT molecular complexity index is 522. The van der Waals surface area contributed by atoms with E-state index in [9.17, 15) is 4.79 Å². The number of rotatable bonds is 3. The maximum Gasteiger partial charge on any atom is 0.226 e. The largest absolute Gasteiger partial charge is 0.341 e. The van der Waals surface area contributed by atoms with Crippen LogP contribution in [-0.4, -0.2) is 27.6 Å². The zero-order chi connectivity index (χ0) is 14.4. The van der Waals surface area contributed by atoms with E-state index in [0.29, 0.717) is 30.2 Å². The van der Waals surface area contributed by atoms with E-state index >= 15 is 0 Å². The molecule has 2 aliphatic carbocycles. The number of aryl methyl sites for hydroxylation is 2. The molecule has 0 spiro atoms. The van der Waals surface area contributed by atoms with E-state index in [4.69, 9.17) is 0 Å². The van der Waals surface area contributed by atoms with E-state index in [1.807, 2.05) is 30.6 Å². The molecule has 2 unspecified atom stereocenters. The lowest BCUT2D eigenvalue weighted by molar-refractivity contribution is -0.132. The number of fused-ring (bicyclic) bond motifs is 1. The molecule has 0 saturated heterocycles. The number of hydrogen-bond acceptors (Lipinski definition) is 2. The summed E-state index contributed by atoms with van der Waals surface area (Å²) in [6.07, 6.45) is 5.16. The highest BCUT2D eigenvalue weighted by Crippen LogP contribution is 2.56. The molecular formula is C16H25N3O. The lowest BCUT2D eigenvalue weighted by atomic mass is 10.0. The van der Waals surface area contributed by atoms with Crippen LogP contribution in [0.2, 0.25) is 0 Å². The molecule has 0 aliphatic heterocycles. The van der Waals surface area contributed by atoms with Gasteiger partial charge in [-0.05, 0) is 38.5 Å². The second-order valence-corrected chi connectivity index (χ2v) is 6.61. The number of carbonyl (C=O) groups excluding carboxylic acids is 1. The summed E-state index contributed by atoms with van der Waals surface area (Å²) in [5, 5.41) is 4.43. The van der Waals surface area contributed by atoms with Crippen LogP contribution in [0.5, 0.6) is 0 Å². The van der Waals surface area contributed by atoms with E-state index in [1.165, 1.54) is 31.2 Å². The molecule has 20 heavy (non-hydrogen) atoms. The van der Waals surface area contributed by atoms with Crippen molar-refractivity contribution in [1.82, 2.24) is 14.7 Å². The van der Waals surface area contributed by atoms with Crippen molar-refractivity contribution in [3.05, 3.63) is 17.0 Å². The Balaban J connectivity index is 1.67. The van der Waals surface area contributed by atoms with Crippen LogP contribution in [0.15, 0.2) is 0 Å². The molecule has 0 aromatic carbocycles. The van der Waals surface area contributed by atoms with Gasteiger partial charge in [-0.2, -0.15) is 5.10 Å². The molecule has 4 nitrogen and oxygen atoms in total. The fraction of sp³-hybridized carbons (Fsp3) is 0.750. The first kappa shape index (κ1) is 13.7. The summed E-state index contributed by atoms with van der Waals surface area (Å²) >= 11 is 0. The molecule has 0 radical (unpaired) electrons. The smallest absolute Gasteiger partial charge is 0.226 e. The Hall–Kier alpha value is -1.32. The van der Waals surface area contributed by atoms with Crippen molar-refractivity contribution in [2.45, 2.75) is 46.1 Å². The van der Waals surface area contributed by atoms with Crippen molar-refractivity contribution in [2.75, 3.05) is 7.05 Å². The van der Waals surface area contributed by atoms with Crippen LogP contribution in [0.4, 0.5) is 0 Å². The SMILES string of the molecule is Cc1nn(C)c(C)c1CN(C)C(=O)C1C2CCCCC21. The Morgan fingerprint density at radius 2 is 1.90 bits per heavy atom. The molecule has 2 saturated carbocycles. The minimum absolute atomic E-state index is 0.319. The third-order valence-electron chi connectivity index (χ3n) is 5.37. The Labute approximate surface area is 121 Å². The molecule has 2 atom stereocenters. The molecule has 1 aromatic rings. The van der Waals surface area contributed by atoms with Gasteiger partial charge in [0.1, 0.15) is 0 Å². The van der Waals surface area contributed by atoms with Crippen molar-refractivity contribution in [1.29, 1.82) is 0 Å². The second kappa shape index (κ2) is 4.90. The van der Waals surface area contributed by atoms with Crippen LogP contribution in [0.25, 0.3) is 0 Å². The minimum atomic E-state index is 0.319. The summed E-state index contributed by atoms with van der Waals surface area (Å²) in [7, 11) is 3.90. The van der Waals surface area contributed by atoms with Gasteiger partial charge in [-0.3, -0.25) is 9.48 Å². The normalized spacial score (nSPS) is 28.1. The molecule has 4 heteroatoms. The maximum atomic E-state index is 12.6. The molecule has 2 aliphatic rings. The number of amides is 1. The average Bonchev–Trinajstić information content (AvgIpc) is 3.11. The molecule has 0 bridgehead atoms. The van der Waals surface area contributed by atoms with Crippen LogP contribution >= 0.6 is 0 Å². The lowest BCUT2D eigenvalue weighted by Gasteiger charge is -2.18. The third-order valence-corrected chi connectivity index (χ3v) is 5.37. The highest BCUT2D eigenvalue weighted by Gasteiger charge is 2.55. The topological polar surface area (TPSA) is 38.1 Å². The van der Waals surface area contributed by atoms with Crippen LogP contribution in [0.3, 0.4) is 0 Å². The summed E-state index contributed by atoms with van der Waals surface area (Å²) in [5.41, 5.74) is 3.40. The zero-order valence-corrected chi connectivity index (χ0v) is 13.0. The van der Waals surface area contributed by atoms with Gasteiger partial charge in [-0.25, -0.2) is 0 Å². The molecule has 2 fully saturated rings. The Morgan fingerprint density at radius 1 is 1.30 bits per heavy atom. The van der Waals surface area contributed by atoms with E-state index in [1.54, 1.807) is 0 Å². The van der Waals surface area contributed by atoms with Crippen LogP contribution in [0, 0.1) is 31.6 Å². The summed E-state index contributed by atoms with van der Waals surface area (Å²) in [4.78, 5) is 14.5. The predicted molar refractivity (Wildman–Crippen MR) is 78.1 cm³/mol. The fourth-order valence-electron chi connectivity index (χ4n) is 3.97. The maximum absolute atomic E-state index is 12.6. The van der Waals surface area contributed by atoms with Crippen molar-refractivity contribution >= 4 is 5.91 Å². The monoisotopic (exact) mass is 275 g/mol. The highest BCUT2D eigenvalue weighted by molar-refractivity contribution is 5.82. The molecule has 1 aromatic heterocycles. The number of hydrogen-bond donors (Lipinski definition) is 0. The standard InChI is InChI=1S/C16H25N3O/c1-10-14(11(2)19(4)17-10)9-18(3)16(20)15-12-7-5-6-8-13(12)15/h12-13,15H,5-9H2,1-4H3. The zero-order valence-electron chi connectivity index (χ0n) is 13.0. The minimum Gasteiger partial charge on any atom is -0.341 e. The average molecular weight is 275 g/mol. The molecule has 1 heterocycles. The fourth-order valence-corrected chi connectivity index (χ4v) is 3.97. The molecular weight excluding hydrogens is 250 g/mol. The number of nitrogens with zero attached hydrogens (tertiary/aromatic N) is 3. The van der Waals surface area contributed by atoms with Crippen LogP contribution < -0.4 is 0 Å². The van der Waals surface area contributed by atoms with Crippen molar-refractivity contribution in [2.24, 2.45) is 24.8 Å². The van der Waals surface area contributed by atoms with Gasteiger partial charge in [0.2, 0.25) is 5.91 Å². The van der Waals surface area contributed by atoms with Gasteiger partial charge < -0.3 is 4.90 Å². The molecule has 110 valence electrons. The first-order valence-corrected chi connectivity index (χ1v) is 7.74. The van der Waals surface area contributed by atoms with Crippen molar-refractivity contribution in [3.8, 4) is 0 Å². The van der Waals surface area contributed by atoms with Gasteiger partial charge in [0.15, 0.2) is 0 Å².